The van der Waals surface area contributed by atoms with Crippen LogP contribution in [0.2, 0.25) is 0 Å². The zero-order valence-corrected chi connectivity index (χ0v) is 8.82. The van der Waals surface area contributed by atoms with E-state index in [1.54, 1.807) is 6.07 Å². The van der Waals surface area contributed by atoms with Crippen molar-refractivity contribution in [3.8, 4) is 0 Å². The molecule has 0 aliphatic carbocycles. The Kier molecular flexibility index (Phi) is 2.23. The minimum atomic E-state index is -0.868. The predicted octanol–water partition coefficient (Wildman–Crippen LogP) is 2.67. The van der Waals surface area contributed by atoms with Gasteiger partial charge in [0, 0.05) is 17.4 Å². The van der Waals surface area contributed by atoms with E-state index < -0.39 is 5.97 Å². The lowest BCUT2D eigenvalue weighted by Gasteiger charge is -2.03. The molecule has 1 N–H and O–H groups in total. The second kappa shape index (κ2) is 3.42. The highest BCUT2D eigenvalue weighted by Gasteiger charge is 2.13. The lowest BCUT2D eigenvalue weighted by Crippen LogP contribution is -2.06. The molecule has 0 bridgehead atoms. The molecule has 0 atom stereocenters. The fourth-order valence-electron chi connectivity index (χ4n) is 1.95. The normalized spacial score (nSPS) is 10.8. The summed E-state index contributed by atoms with van der Waals surface area (Å²) in [6.45, 7) is 4.62. The second-order valence-corrected chi connectivity index (χ2v) is 3.59. The lowest BCUT2D eigenvalue weighted by molar-refractivity contribution is 0.0686. The van der Waals surface area contributed by atoms with Crippen molar-refractivity contribution in [1.82, 2.24) is 4.57 Å². The van der Waals surface area contributed by atoms with E-state index in [2.05, 4.69) is 0 Å². The van der Waals surface area contributed by atoms with E-state index >= 15 is 0 Å². The first kappa shape index (κ1) is 9.77. The molecule has 1 aromatic heterocycles. The number of aromatic carboxylic acids is 1. The van der Waals surface area contributed by atoms with Gasteiger partial charge in [-0.15, -0.1) is 0 Å². The molecule has 0 saturated heterocycles. The molecule has 0 aliphatic rings. The van der Waals surface area contributed by atoms with Crippen molar-refractivity contribution in [2.45, 2.75) is 20.4 Å². The lowest BCUT2D eigenvalue weighted by atomic mass is 10.1. The molecule has 2 rings (SSSR count). The molecule has 3 heteroatoms. The maximum absolute atomic E-state index is 11.0. The van der Waals surface area contributed by atoms with Gasteiger partial charge in [-0.25, -0.2) is 4.79 Å². The second-order valence-electron chi connectivity index (χ2n) is 3.59. The van der Waals surface area contributed by atoms with Gasteiger partial charge in [0.15, 0.2) is 0 Å². The fraction of sp³-hybridized carbons (Fsp3) is 0.250. The van der Waals surface area contributed by atoms with Crippen molar-refractivity contribution in [3.05, 3.63) is 35.5 Å². The zero-order valence-electron chi connectivity index (χ0n) is 8.82. The molecule has 0 unspecified atom stereocenters. The third-order valence-corrected chi connectivity index (χ3v) is 2.70. The van der Waals surface area contributed by atoms with Crippen LogP contribution in [0.4, 0.5) is 0 Å². The Morgan fingerprint density at radius 3 is 2.80 bits per heavy atom. The van der Waals surface area contributed by atoms with Crippen molar-refractivity contribution in [2.75, 3.05) is 0 Å². The van der Waals surface area contributed by atoms with E-state index in [1.165, 1.54) is 0 Å². The number of hydrogen-bond acceptors (Lipinski definition) is 1. The van der Waals surface area contributed by atoms with Crippen LogP contribution in [0.5, 0.6) is 0 Å². The molecular formula is C12H13NO2. The molecule has 3 nitrogen and oxygen atoms in total. The van der Waals surface area contributed by atoms with Gasteiger partial charge in [0.1, 0.15) is 5.69 Å². The largest absolute Gasteiger partial charge is 0.477 e. The minimum absolute atomic E-state index is 0.363. The van der Waals surface area contributed by atoms with Gasteiger partial charge in [-0.1, -0.05) is 12.1 Å². The van der Waals surface area contributed by atoms with Gasteiger partial charge in [0.05, 0.1) is 0 Å². The number of nitrogens with zero attached hydrogens (tertiary/aromatic N) is 1. The molecule has 0 amide bonds. The molecule has 78 valence electrons. The van der Waals surface area contributed by atoms with Gasteiger partial charge in [-0.3, -0.25) is 0 Å². The van der Waals surface area contributed by atoms with E-state index in [0.29, 0.717) is 12.2 Å². The van der Waals surface area contributed by atoms with Crippen LogP contribution < -0.4 is 0 Å². The molecule has 1 heterocycles. The highest BCUT2D eigenvalue weighted by atomic mass is 16.4. The summed E-state index contributed by atoms with van der Waals surface area (Å²) in [4.78, 5) is 11.0. The van der Waals surface area contributed by atoms with Gasteiger partial charge < -0.3 is 9.67 Å². The SMILES string of the molecule is CCn1c(C(=O)O)cc2c(C)cccc21. The van der Waals surface area contributed by atoms with Crippen molar-refractivity contribution in [3.63, 3.8) is 0 Å². The van der Waals surface area contributed by atoms with Crippen LogP contribution in [0.1, 0.15) is 23.0 Å². The van der Waals surface area contributed by atoms with Gasteiger partial charge >= 0.3 is 5.97 Å². The third kappa shape index (κ3) is 1.40. The number of aromatic nitrogens is 1. The Morgan fingerprint density at radius 2 is 2.20 bits per heavy atom. The summed E-state index contributed by atoms with van der Waals surface area (Å²) in [5, 5.41) is 10.1. The molecule has 0 aliphatic heterocycles. The number of benzene rings is 1. The van der Waals surface area contributed by atoms with Gasteiger partial charge in [0.2, 0.25) is 0 Å². The monoisotopic (exact) mass is 203 g/mol. The first-order valence-corrected chi connectivity index (χ1v) is 4.97. The fourth-order valence-corrected chi connectivity index (χ4v) is 1.95. The van der Waals surface area contributed by atoms with Crippen LogP contribution in [0.25, 0.3) is 10.9 Å². The number of carboxylic acid groups (broad SMARTS) is 1. The summed E-state index contributed by atoms with van der Waals surface area (Å²) in [7, 11) is 0. The Hall–Kier alpha value is -1.77. The zero-order chi connectivity index (χ0) is 11.0. The summed E-state index contributed by atoms with van der Waals surface area (Å²) in [6.07, 6.45) is 0. The molecule has 1 aromatic carbocycles. The van der Waals surface area contributed by atoms with Crippen molar-refractivity contribution < 1.29 is 9.90 Å². The highest BCUT2D eigenvalue weighted by Crippen LogP contribution is 2.23. The summed E-state index contributed by atoms with van der Waals surface area (Å²) in [5.74, 6) is -0.868. The van der Waals surface area contributed by atoms with Crippen LogP contribution in [0.15, 0.2) is 24.3 Å². The van der Waals surface area contributed by atoms with E-state index in [1.807, 2.05) is 36.6 Å². The van der Waals surface area contributed by atoms with Crippen molar-refractivity contribution in [1.29, 1.82) is 0 Å². The summed E-state index contributed by atoms with van der Waals surface area (Å²) < 4.78 is 1.82. The first-order valence-electron chi connectivity index (χ1n) is 4.97. The smallest absolute Gasteiger partial charge is 0.352 e. The molecular weight excluding hydrogens is 190 g/mol. The topological polar surface area (TPSA) is 42.2 Å². The average molecular weight is 203 g/mol. The summed E-state index contributed by atoms with van der Waals surface area (Å²) in [5.41, 5.74) is 2.47. The maximum atomic E-state index is 11.0. The van der Waals surface area contributed by atoms with E-state index in [0.717, 1.165) is 16.5 Å². The Balaban J connectivity index is 2.84. The van der Waals surface area contributed by atoms with Crippen LogP contribution in [-0.2, 0) is 6.54 Å². The molecule has 15 heavy (non-hydrogen) atoms. The molecule has 2 aromatic rings. The van der Waals surface area contributed by atoms with Crippen LogP contribution in [-0.4, -0.2) is 15.6 Å². The molecule has 0 spiro atoms. The third-order valence-electron chi connectivity index (χ3n) is 2.70. The maximum Gasteiger partial charge on any atom is 0.352 e. The Labute approximate surface area is 87.9 Å². The highest BCUT2D eigenvalue weighted by molar-refractivity contribution is 5.95. The number of hydrogen-bond donors (Lipinski definition) is 1. The van der Waals surface area contributed by atoms with Crippen molar-refractivity contribution in [2.24, 2.45) is 0 Å². The van der Waals surface area contributed by atoms with Crippen LogP contribution >= 0.6 is 0 Å². The van der Waals surface area contributed by atoms with E-state index in [9.17, 15) is 4.79 Å². The number of aryl methyl sites for hydroxylation is 2. The molecule has 0 fully saturated rings. The van der Waals surface area contributed by atoms with Gasteiger partial charge in [-0.05, 0) is 31.5 Å². The van der Waals surface area contributed by atoms with E-state index in [4.69, 9.17) is 5.11 Å². The number of fused-ring (bicyclic) bond motifs is 1. The quantitative estimate of drug-likeness (QED) is 0.815. The summed E-state index contributed by atoms with van der Waals surface area (Å²) >= 11 is 0. The predicted molar refractivity (Wildman–Crippen MR) is 59.3 cm³/mol. The van der Waals surface area contributed by atoms with Crippen molar-refractivity contribution >= 4 is 16.9 Å². The van der Waals surface area contributed by atoms with Gasteiger partial charge in [-0.2, -0.15) is 0 Å². The molecule has 0 saturated carbocycles. The number of rotatable bonds is 2. The summed E-state index contributed by atoms with van der Waals surface area (Å²) in [6, 6.07) is 7.65. The van der Waals surface area contributed by atoms with Gasteiger partial charge in [0.25, 0.3) is 0 Å². The Morgan fingerprint density at radius 1 is 1.47 bits per heavy atom. The van der Waals surface area contributed by atoms with E-state index in [-0.39, 0.29) is 0 Å². The Bertz CT molecular complexity index is 526. The number of carbonyl (C=O) groups is 1. The first-order chi connectivity index (χ1) is 7.15. The van der Waals surface area contributed by atoms with Crippen LogP contribution in [0, 0.1) is 6.92 Å². The minimum Gasteiger partial charge on any atom is -0.477 e. The molecule has 0 radical (unpaired) electrons. The number of carboxylic acids is 1. The average Bonchev–Trinajstić information content (AvgIpc) is 2.57. The van der Waals surface area contributed by atoms with Crippen LogP contribution in [0.3, 0.4) is 0 Å². The standard InChI is InChI=1S/C12H13NO2/c1-3-13-10-6-4-5-8(2)9(10)7-11(13)12(14)15/h4-7H,3H2,1-2H3,(H,14,15).